The van der Waals surface area contributed by atoms with E-state index in [9.17, 15) is 8.42 Å². The summed E-state index contributed by atoms with van der Waals surface area (Å²) < 4.78 is 30.2. The van der Waals surface area contributed by atoms with Gasteiger partial charge in [-0.15, -0.1) is 0 Å². The van der Waals surface area contributed by atoms with E-state index in [0.717, 1.165) is 6.26 Å². The molecule has 0 bridgehead atoms. The minimum Gasteiger partial charge on any atom is -0.491 e. The Morgan fingerprint density at radius 1 is 1.31 bits per heavy atom. The van der Waals surface area contributed by atoms with E-state index >= 15 is 0 Å². The second-order valence-corrected chi connectivity index (χ2v) is 5.82. The Bertz CT molecular complexity index is 440. The molecular weight excluding hydrogens is 226 g/mol. The molecule has 0 amide bonds. The van der Waals surface area contributed by atoms with Gasteiger partial charge in [-0.05, 0) is 18.1 Å². The highest BCUT2D eigenvalue weighted by Crippen LogP contribution is 2.24. The first-order chi connectivity index (χ1) is 7.38. The highest BCUT2D eigenvalue weighted by atomic mass is 32.2. The molecule has 1 N–H and O–H groups in total. The van der Waals surface area contributed by atoms with Crippen molar-refractivity contribution in [3.63, 3.8) is 0 Å². The first-order valence-electron chi connectivity index (χ1n) is 5.08. The zero-order valence-corrected chi connectivity index (χ0v) is 10.5. The van der Waals surface area contributed by atoms with E-state index in [4.69, 9.17) is 4.74 Å². The average molecular weight is 243 g/mol. The van der Waals surface area contributed by atoms with Crippen molar-refractivity contribution in [2.45, 2.75) is 13.8 Å². The van der Waals surface area contributed by atoms with Gasteiger partial charge in [0.05, 0.1) is 18.6 Å². The number of rotatable bonds is 5. The summed E-state index contributed by atoms with van der Waals surface area (Å²) in [4.78, 5) is 0. The molecule has 0 aliphatic carbocycles. The van der Waals surface area contributed by atoms with Gasteiger partial charge in [0.25, 0.3) is 0 Å². The topological polar surface area (TPSA) is 55.4 Å². The largest absolute Gasteiger partial charge is 0.491 e. The number of anilines is 1. The molecule has 0 saturated heterocycles. The second kappa shape index (κ2) is 5.21. The Kier molecular flexibility index (Phi) is 4.18. The van der Waals surface area contributed by atoms with Crippen molar-refractivity contribution in [2.24, 2.45) is 5.92 Å². The first kappa shape index (κ1) is 12.8. The molecule has 0 fully saturated rings. The van der Waals surface area contributed by atoms with Crippen molar-refractivity contribution in [1.29, 1.82) is 0 Å². The van der Waals surface area contributed by atoms with Gasteiger partial charge in [-0.1, -0.05) is 26.0 Å². The maximum absolute atomic E-state index is 11.1. The van der Waals surface area contributed by atoms with Crippen LogP contribution in [0.2, 0.25) is 0 Å². The minimum absolute atomic E-state index is 0.395. The van der Waals surface area contributed by atoms with Crippen molar-refractivity contribution < 1.29 is 13.2 Å². The molecule has 16 heavy (non-hydrogen) atoms. The Hall–Kier alpha value is -1.23. The Labute approximate surface area is 96.7 Å². The lowest BCUT2D eigenvalue weighted by molar-refractivity contribution is 0.272. The molecule has 1 rings (SSSR count). The molecule has 1 aromatic rings. The maximum atomic E-state index is 11.1. The number of hydrogen-bond donors (Lipinski definition) is 1. The fourth-order valence-corrected chi connectivity index (χ4v) is 1.70. The molecule has 0 radical (unpaired) electrons. The lowest BCUT2D eigenvalue weighted by Gasteiger charge is -2.13. The van der Waals surface area contributed by atoms with Crippen molar-refractivity contribution in [1.82, 2.24) is 0 Å². The van der Waals surface area contributed by atoms with Gasteiger partial charge in [-0.25, -0.2) is 8.42 Å². The molecule has 0 unspecified atom stereocenters. The van der Waals surface area contributed by atoms with E-state index in [-0.39, 0.29) is 0 Å². The second-order valence-electron chi connectivity index (χ2n) is 4.08. The van der Waals surface area contributed by atoms with Crippen LogP contribution in [0.5, 0.6) is 5.75 Å². The van der Waals surface area contributed by atoms with E-state index in [0.29, 0.717) is 24.0 Å². The molecule has 0 saturated carbocycles. The molecule has 0 aliphatic heterocycles. The van der Waals surface area contributed by atoms with Crippen molar-refractivity contribution in [2.75, 3.05) is 17.6 Å². The smallest absolute Gasteiger partial charge is 0.229 e. The van der Waals surface area contributed by atoms with Gasteiger partial charge in [0.1, 0.15) is 5.75 Å². The summed E-state index contributed by atoms with van der Waals surface area (Å²) in [6, 6.07) is 6.99. The highest BCUT2D eigenvalue weighted by molar-refractivity contribution is 7.92. The highest BCUT2D eigenvalue weighted by Gasteiger charge is 2.08. The summed E-state index contributed by atoms with van der Waals surface area (Å²) in [5.41, 5.74) is 0.477. The van der Waals surface area contributed by atoms with Crippen molar-refractivity contribution in [3.05, 3.63) is 24.3 Å². The maximum Gasteiger partial charge on any atom is 0.229 e. The molecule has 0 spiro atoms. The molecule has 0 heterocycles. The monoisotopic (exact) mass is 243 g/mol. The standard InChI is InChI=1S/C11H17NO3S/c1-9(2)8-15-11-7-5-4-6-10(11)12-16(3,13)14/h4-7,9,12H,8H2,1-3H3. The number of sulfonamides is 1. The van der Waals surface area contributed by atoms with Crippen LogP contribution in [0.15, 0.2) is 24.3 Å². The third kappa shape index (κ3) is 4.53. The van der Waals surface area contributed by atoms with Gasteiger partial charge in [-0.3, -0.25) is 4.72 Å². The van der Waals surface area contributed by atoms with Gasteiger partial charge in [0, 0.05) is 0 Å². The summed E-state index contributed by atoms with van der Waals surface area (Å²) in [5, 5.41) is 0. The number of nitrogens with one attached hydrogen (secondary N) is 1. The van der Waals surface area contributed by atoms with E-state index in [2.05, 4.69) is 4.72 Å². The van der Waals surface area contributed by atoms with Crippen LogP contribution in [0.4, 0.5) is 5.69 Å². The van der Waals surface area contributed by atoms with E-state index in [1.54, 1.807) is 18.2 Å². The fraction of sp³-hybridized carbons (Fsp3) is 0.455. The van der Waals surface area contributed by atoms with Crippen LogP contribution >= 0.6 is 0 Å². The predicted molar refractivity (Wildman–Crippen MR) is 65.2 cm³/mol. The summed E-state index contributed by atoms with van der Waals surface area (Å²) in [6.07, 6.45) is 1.12. The fourth-order valence-electron chi connectivity index (χ4n) is 1.13. The van der Waals surface area contributed by atoms with Crippen LogP contribution in [-0.2, 0) is 10.0 Å². The van der Waals surface area contributed by atoms with Gasteiger partial charge >= 0.3 is 0 Å². The van der Waals surface area contributed by atoms with Crippen molar-refractivity contribution in [3.8, 4) is 5.75 Å². The van der Waals surface area contributed by atoms with Crippen LogP contribution in [0.1, 0.15) is 13.8 Å². The lowest BCUT2D eigenvalue weighted by atomic mass is 10.2. The molecule has 0 aliphatic rings. The Balaban J connectivity index is 2.83. The van der Waals surface area contributed by atoms with Crippen LogP contribution in [0.3, 0.4) is 0 Å². The number of hydrogen-bond acceptors (Lipinski definition) is 3. The van der Waals surface area contributed by atoms with Gasteiger partial charge in [0.15, 0.2) is 0 Å². The Morgan fingerprint density at radius 2 is 1.94 bits per heavy atom. The summed E-state index contributed by atoms with van der Waals surface area (Å²) in [6.45, 7) is 4.63. The first-order valence-corrected chi connectivity index (χ1v) is 6.97. The van der Waals surface area contributed by atoms with Crippen molar-refractivity contribution >= 4 is 15.7 Å². The molecule has 0 atom stereocenters. The van der Waals surface area contributed by atoms with E-state index in [1.165, 1.54) is 0 Å². The number of ether oxygens (including phenoxy) is 1. The molecule has 0 aromatic heterocycles. The van der Waals surface area contributed by atoms with Crippen LogP contribution < -0.4 is 9.46 Å². The molecule has 5 heteroatoms. The van der Waals surface area contributed by atoms with Gasteiger partial charge in [0.2, 0.25) is 10.0 Å². The zero-order valence-electron chi connectivity index (χ0n) is 9.73. The van der Waals surface area contributed by atoms with Crippen LogP contribution in [0.25, 0.3) is 0 Å². The summed E-state index contributed by atoms with van der Waals surface area (Å²) in [7, 11) is -3.27. The third-order valence-electron chi connectivity index (χ3n) is 1.75. The van der Waals surface area contributed by atoms with Gasteiger partial charge in [-0.2, -0.15) is 0 Å². The average Bonchev–Trinajstić information content (AvgIpc) is 2.14. The summed E-state index contributed by atoms with van der Waals surface area (Å²) >= 11 is 0. The van der Waals surface area contributed by atoms with E-state index in [1.807, 2.05) is 19.9 Å². The molecule has 4 nitrogen and oxygen atoms in total. The molecular formula is C11H17NO3S. The van der Waals surface area contributed by atoms with Gasteiger partial charge < -0.3 is 4.74 Å². The SMILES string of the molecule is CC(C)COc1ccccc1NS(C)(=O)=O. The zero-order chi connectivity index (χ0) is 12.2. The predicted octanol–water partition coefficient (Wildman–Crippen LogP) is 2.09. The van der Waals surface area contributed by atoms with Crippen LogP contribution in [-0.4, -0.2) is 21.3 Å². The molecule has 90 valence electrons. The lowest BCUT2D eigenvalue weighted by Crippen LogP contribution is -2.12. The minimum atomic E-state index is -3.27. The normalized spacial score (nSPS) is 11.5. The molecule has 1 aromatic carbocycles. The Morgan fingerprint density at radius 3 is 2.50 bits per heavy atom. The van der Waals surface area contributed by atoms with Crippen LogP contribution in [0, 0.1) is 5.92 Å². The number of para-hydroxylation sites is 2. The quantitative estimate of drug-likeness (QED) is 0.861. The summed E-state index contributed by atoms with van der Waals surface area (Å²) in [5.74, 6) is 0.952. The van der Waals surface area contributed by atoms with E-state index < -0.39 is 10.0 Å². The number of benzene rings is 1. The third-order valence-corrected chi connectivity index (χ3v) is 2.35.